The Balaban J connectivity index is 2.06. The maximum absolute atomic E-state index is 9.57. The molecular weight excluding hydrogens is 206 g/mol. The second-order valence-corrected chi connectivity index (χ2v) is 4.46. The third-order valence-electron chi connectivity index (χ3n) is 2.89. The monoisotopic (exact) mass is 231 g/mol. The first-order chi connectivity index (χ1) is 7.72. The van der Waals surface area contributed by atoms with Crippen LogP contribution in [0.4, 0.5) is 0 Å². The lowest BCUT2D eigenvalue weighted by Gasteiger charge is -2.29. The Hall–Kier alpha value is -0.200. The molecule has 5 nitrogen and oxygen atoms in total. The van der Waals surface area contributed by atoms with E-state index in [1.807, 2.05) is 7.05 Å². The Morgan fingerprint density at radius 1 is 1.44 bits per heavy atom. The molecule has 0 aromatic rings. The zero-order valence-electron chi connectivity index (χ0n) is 10.5. The summed E-state index contributed by atoms with van der Waals surface area (Å²) in [5, 5.41) is 12.9. The maximum atomic E-state index is 9.57. The summed E-state index contributed by atoms with van der Waals surface area (Å²) in [7, 11) is 3.66. The Morgan fingerprint density at radius 2 is 2.12 bits per heavy atom. The van der Waals surface area contributed by atoms with E-state index in [9.17, 15) is 5.11 Å². The number of hydrogen-bond donors (Lipinski definition) is 2. The molecule has 0 amide bonds. The van der Waals surface area contributed by atoms with Gasteiger partial charge >= 0.3 is 0 Å². The normalized spacial score (nSPS) is 20.2. The molecule has 0 bridgehead atoms. The number of piperazine rings is 1. The maximum Gasteiger partial charge on any atom is 0.0899 e. The van der Waals surface area contributed by atoms with Crippen LogP contribution >= 0.6 is 0 Å². The summed E-state index contributed by atoms with van der Waals surface area (Å²) >= 11 is 0. The fourth-order valence-corrected chi connectivity index (χ4v) is 1.94. The molecule has 1 aliphatic heterocycles. The van der Waals surface area contributed by atoms with E-state index >= 15 is 0 Å². The van der Waals surface area contributed by atoms with Crippen molar-refractivity contribution in [2.45, 2.75) is 6.10 Å². The molecule has 16 heavy (non-hydrogen) atoms. The van der Waals surface area contributed by atoms with Gasteiger partial charge in [0.15, 0.2) is 0 Å². The molecule has 0 aromatic carbocycles. The molecule has 0 aromatic heterocycles. The zero-order valence-corrected chi connectivity index (χ0v) is 10.5. The molecule has 0 saturated carbocycles. The average Bonchev–Trinajstić information content (AvgIpc) is 2.28. The number of rotatable bonds is 7. The largest absolute Gasteiger partial charge is 0.389 e. The number of nitrogens with one attached hydrogen (secondary N) is 1. The lowest BCUT2D eigenvalue weighted by atomic mass is 10.3. The standard InChI is InChI=1S/C11H25N3O2/c1-13(9-11(15)10-16-2)7-8-14-5-3-12-4-6-14/h11-12,15H,3-10H2,1-2H3. The van der Waals surface area contributed by atoms with E-state index in [0.717, 1.165) is 39.3 Å². The third-order valence-corrected chi connectivity index (χ3v) is 2.89. The Labute approximate surface area is 98.4 Å². The Morgan fingerprint density at radius 3 is 2.75 bits per heavy atom. The molecular formula is C11H25N3O2. The first-order valence-electron chi connectivity index (χ1n) is 6.01. The predicted molar refractivity (Wildman–Crippen MR) is 64.7 cm³/mol. The van der Waals surface area contributed by atoms with Crippen molar-refractivity contribution in [3.05, 3.63) is 0 Å². The van der Waals surface area contributed by atoms with Crippen LogP contribution in [0.15, 0.2) is 0 Å². The van der Waals surface area contributed by atoms with Gasteiger partial charge < -0.3 is 20.1 Å². The van der Waals surface area contributed by atoms with E-state index in [1.165, 1.54) is 0 Å². The highest BCUT2D eigenvalue weighted by Gasteiger charge is 2.11. The van der Waals surface area contributed by atoms with Gasteiger partial charge in [-0.15, -0.1) is 0 Å². The van der Waals surface area contributed by atoms with Gasteiger partial charge in [0, 0.05) is 52.9 Å². The van der Waals surface area contributed by atoms with Gasteiger partial charge in [0.1, 0.15) is 0 Å². The van der Waals surface area contributed by atoms with E-state index in [-0.39, 0.29) is 6.10 Å². The lowest BCUT2D eigenvalue weighted by Crippen LogP contribution is -2.46. The van der Waals surface area contributed by atoms with Crippen LogP contribution in [0.1, 0.15) is 0 Å². The average molecular weight is 231 g/mol. The van der Waals surface area contributed by atoms with Crippen molar-refractivity contribution in [2.75, 3.05) is 66.6 Å². The molecule has 5 heteroatoms. The minimum Gasteiger partial charge on any atom is -0.389 e. The second-order valence-electron chi connectivity index (χ2n) is 4.46. The second kappa shape index (κ2) is 7.97. The topological polar surface area (TPSA) is 48.0 Å². The van der Waals surface area contributed by atoms with Crippen LogP contribution in [0, 0.1) is 0 Å². The summed E-state index contributed by atoms with van der Waals surface area (Å²) in [6.45, 7) is 7.63. The van der Waals surface area contributed by atoms with Crippen LogP contribution in [0.5, 0.6) is 0 Å². The van der Waals surface area contributed by atoms with Gasteiger partial charge in [-0.3, -0.25) is 4.90 Å². The summed E-state index contributed by atoms with van der Waals surface area (Å²) in [5.41, 5.74) is 0. The molecule has 1 fully saturated rings. The Bertz CT molecular complexity index is 175. The van der Waals surface area contributed by atoms with E-state index in [2.05, 4.69) is 15.1 Å². The van der Waals surface area contributed by atoms with Gasteiger partial charge in [-0.2, -0.15) is 0 Å². The molecule has 1 heterocycles. The van der Waals surface area contributed by atoms with Crippen LogP contribution in [0.25, 0.3) is 0 Å². The van der Waals surface area contributed by atoms with Crippen LogP contribution in [0.3, 0.4) is 0 Å². The number of likely N-dealkylation sites (N-methyl/N-ethyl adjacent to an activating group) is 1. The molecule has 96 valence electrons. The summed E-state index contributed by atoms with van der Waals surface area (Å²) in [6.07, 6.45) is -0.377. The van der Waals surface area contributed by atoms with E-state index < -0.39 is 0 Å². The summed E-state index contributed by atoms with van der Waals surface area (Å²) in [6, 6.07) is 0. The predicted octanol–water partition coefficient (Wildman–Crippen LogP) is -1.17. The number of methoxy groups -OCH3 is 1. The molecule has 1 atom stereocenters. The van der Waals surface area contributed by atoms with Crippen LogP contribution in [0.2, 0.25) is 0 Å². The fourth-order valence-electron chi connectivity index (χ4n) is 1.94. The third kappa shape index (κ3) is 5.77. The van der Waals surface area contributed by atoms with Crippen molar-refractivity contribution in [1.29, 1.82) is 0 Å². The summed E-state index contributed by atoms with van der Waals surface area (Å²) < 4.78 is 4.90. The number of aliphatic hydroxyl groups is 1. The van der Waals surface area contributed by atoms with Gasteiger partial charge in [-0.05, 0) is 7.05 Å². The van der Waals surface area contributed by atoms with Gasteiger partial charge in [0.2, 0.25) is 0 Å². The molecule has 1 saturated heterocycles. The fraction of sp³-hybridized carbons (Fsp3) is 1.00. The molecule has 1 unspecified atom stereocenters. The van der Waals surface area contributed by atoms with Crippen molar-refractivity contribution in [2.24, 2.45) is 0 Å². The van der Waals surface area contributed by atoms with Crippen LogP contribution < -0.4 is 5.32 Å². The van der Waals surface area contributed by atoms with Crippen molar-refractivity contribution in [1.82, 2.24) is 15.1 Å². The highest BCUT2D eigenvalue weighted by Crippen LogP contribution is 1.95. The molecule has 1 aliphatic rings. The molecule has 1 rings (SSSR count). The summed E-state index contributed by atoms with van der Waals surface area (Å²) in [4.78, 5) is 4.61. The van der Waals surface area contributed by atoms with Crippen molar-refractivity contribution >= 4 is 0 Å². The van der Waals surface area contributed by atoms with Crippen LogP contribution in [-0.2, 0) is 4.74 Å². The highest BCUT2D eigenvalue weighted by molar-refractivity contribution is 4.69. The molecule has 0 radical (unpaired) electrons. The number of aliphatic hydroxyl groups excluding tert-OH is 1. The van der Waals surface area contributed by atoms with Gasteiger partial charge in [-0.1, -0.05) is 0 Å². The van der Waals surface area contributed by atoms with Gasteiger partial charge in [0.05, 0.1) is 12.7 Å². The van der Waals surface area contributed by atoms with Gasteiger partial charge in [0.25, 0.3) is 0 Å². The van der Waals surface area contributed by atoms with Crippen molar-refractivity contribution in [3.8, 4) is 0 Å². The minimum atomic E-state index is -0.377. The number of ether oxygens (including phenoxy) is 1. The quantitative estimate of drug-likeness (QED) is 0.578. The minimum absolute atomic E-state index is 0.377. The summed E-state index contributed by atoms with van der Waals surface area (Å²) in [5.74, 6) is 0. The van der Waals surface area contributed by atoms with Crippen molar-refractivity contribution in [3.63, 3.8) is 0 Å². The number of nitrogens with zero attached hydrogens (tertiary/aromatic N) is 2. The van der Waals surface area contributed by atoms with E-state index in [0.29, 0.717) is 13.2 Å². The van der Waals surface area contributed by atoms with E-state index in [4.69, 9.17) is 4.74 Å². The lowest BCUT2D eigenvalue weighted by molar-refractivity contribution is 0.0411. The molecule has 0 spiro atoms. The first-order valence-corrected chi connectivity index (χ1v) is 6.01. The van der Waals surface area contributed by atoms with Gasteiger partial charge in [-0.25, -0.2) is 0 Å². The first kappa shape index (κ1) is 13.9. The zero-order chi connectivity index (χ0) is 11.8. The van der Waals surface area contributed by atoms with E-state index in [1.54, 1.807) is 7.11 Å². The smallest absolute Gasteiger partial charge is 0.0899 e. The number of hydrogen-bond acceptors (Lipinski definition) is 5. The Kier molecular flexibility index (Phi) is 6.91. The molecule has 0 aliphatic carbocycles. The molecule has 2 N–H and O–H groups in total. The van der Waals surface area contributed by atoms with Crippen LogP contribution in [-0.4, -0.2) is 87.6 Å². The highest BCUT2D eigenvalue weighted by atomic mass is 16.5. The van der Waals surface area contributed by atoms with Crippen molar-refractivity contribution < 1.29 is 9.84 Å². The SMILES string of the molecule is COCC(O)CN(C)CCN1CCNCC1.